The van der Waals surface area contributed by atoms with Gasteiger partial charge >= 0.3 is 11.9 Å². The van der Waals surface area contributed by atoms with Crippen LogP contribution in [0.2, 0.25) is 0 Å². The minimum absolute atomic E-state index is 0.0695. The van der Waals surface area contributed by atoms with Crippen LogP contribution in [-0.4, -0.2) is 72.2 Å². The van der Waals surface area contributed by atoms with Gasteiger partial charge in [-0.3, -0.25) is 9.80 Å². The van der Waals surface area contributed by atoms with Gasteiger partial charge in [0.05, 0.1) is 0 Å². The number of hydrogen-bond donors (Lipinski definition) is 0. The normalized spacial score (nSPS) is 12.7. The Kier molecular flexibility index (Phi) is 13.9. The monoisotopic (exact) mass is 426 g/mol. The summed E-state index contributed by atoms with van der Waals surface area (Å²) < 4.78 is 10.5. The lowest BCUT2D eigenvalue weighted by Crippen LogP contribution is -2.45. The number of carbonyl (C=O) groups excluding carboxylic acids is 2. The Morgan fingerprint density at radius 1 is 0.667 bits per heavy atom. The van der Waals surface area contributed by atoms with Gasteiger partial charge in [0.2, 0.25) is 0 Å². The van der Waals surface area contributed by atoms with Crippen molar-refractivity contribution in [2.24, 2.45) is 0 Å². The number of carbonyl (C=O) groups is 2. The molecular weight excluding hydrogens is 380 g/mol. The van der Waals surface area contributed by atoms with Gasteiger partial charge in [-0.2, -0.15) is 0 Å². The van der Waals surface area contributed by atoms with Gasteiger partial charge in [-0.25, -0.2) is 9.59 Å². The van der Waals surface area contributed by atoms with Gasteiger partial charge in [-0.1, -0.05) is 27.7 Å². The molecule has 0 spiro atoms. The van der Waals surface area contributed by atoms with Crippen molar-refractivity contribution in [2.45, 2.75) is 92.2 Å². The summed E-state index contributed by atoms with van der Waals surface area (Å²) in [6.45, 7) is 21.3. The Labute approximate surface area is 185 Å². The molecule has 0 aromatic heterocycles. The fraction of sp³-hybridized carbons (Fsp3) is 0.833. The molecule has 176 valence electrons. The highest BCUT2D eigenvalue weighted by molar-refractivity contribution is 5.91. The molecule has 0 fully saturated rings. The molecule has 0 saturated carbocycles. The van der Waals surface area contributed by atoms with Gasteiger partial charge in [0, 0.05) is 36.3 Å². The summed E-state index contributed by atoms with van der Waals surface area (Å²) in [6, 6.07) is 0. The maximum Gasteiger partial charge on any atom is 0.331 e. The number of esters is 2. The zero-order chi connectivity index (χ0) is 23.2. The van der Waals surface area contributed by atoms with Crippen molar-refractivity contribution in [3.63, 3.8) is 0 Å². The predicted molar refractivity (Wildman–Crippen MR) is 124 cm³/mol. The van der Waals surface area contributed by atoms with Crippen LogP contribution in [-0.2, 0) is 19.1 Å². The fourth-order valence-corrected chi connectivity index (χ4v) is 3.17. The van der Waals surface area contributed by atoms with E-state index < -0.39 is 11.9 Å². The molecule has 0 radical (unpaired) electrons. The van der Waals surface area contributed by atoms with E-state index in [1.807, 2.05) is 0 Å². The van der Waals surface area contributed by atoms with E-state index in [1.165, 1.54) is 0 Å². The molecule has 0 rings (SSSR count). The molecule has 0 heterocycles. The SMILES string of the molecule is CCCN(CCOC(=O)/C=C\C(=O)OCCN(CCC)C(C)(C)CC)C(C)(C)CC. The summed E-state index contributed by atoms with van der Waals surface area (Å²) >= 11 is 0. The lowest BCUT2D eigenvalue weighted by atomic mass is 9.99. The van der Waals surface area contributed by atoms with Crippen LogP contribution in [0.3, 0.4) is 0 Å². The van der Waals surface area contributed by atoms with Gasteiger partial charge in [-0.15, -0.1) is 0 Å². The second-order valence-corrected chi connectivity index (χ2v) is 8.97. The average molecular weight is 427 g/mol. The minimum atomic E-state index is -0.516. The van der Waals surface area contributed by atoms with Gasteiger partial charge in [0.25, 0.3) is 0 Å². The van der Waals surface area contributed by atoms with Crippen LogP contribution in [0, 0.1) is 0 Å². The summed E-state index contributed by atoms with van der Waals surface area (Å²) in [7, 11) is 0. The van der Waals surface area contributed by atoms with E-state index in [0.717, 1.165) is 50.9 Å². The number of nitrogens with zero attached hydrogens (tertiary/aromatic N) is 2. The van der Waals surface area contributed by atoms with Crippen molar-refractivity contribution >= 4 is 11.9 Å². The largest absolute Gasteiger partial charge is 0.461 e. The Balaban J connectivity index is 4.37. The van der Waals surface area contributed by atoms with Crippen molar-refractivity contribution in [3.05, 3.63) is 12.2 Å². The maximum absolute atomic E-state index is 11.9. The first-order valence-electron chi connectivity index (χ1n) is 11.6. The lowest BCUT2D eigenvalue weighted by Gasteiger charge is -2.37. The van der Waals surface area contributed by atoms with E-state index in [4.69, 9.17) is 9.47 Å². The van der Waals surface area contributed by atoms with Crippen LogP contribution < -0.4 is 0 Å². The third kappa shape index (κ3) is 11.1. The van der Waals surface area contributed by atoms with E-state index in [0.29, 0.717) is 26.3 Å². The molecule has 6 nitrogen and oxygen atoms in total. The average Bonchev–Trinajstić information content (AvgIpc) is 2.70. The third-order valence-corrected chi connectivity index (χ3v) is 6.00. The smallest absolute Gasteiger partial charge is 0.331 e. The molecule has 0 aliphatic heterocycles. The quantitative estimate of drug-likeness (QED) is 0.269. The first kappa shape index (κ1) is 28.6. The van der Waals surface area contributed by atoms with E-state index in [2.05, 4.69) is 65.2 Å². The Bertz CT molecular complexity index is 483. The zero-order valence-electron chi connectivity index (χ0n) is 20.8. The molecular formula is C24H46N2O4. The fourth-order valence-electron chi connectivity index (χ4n) is 3.17. The highest BCUT2D eigenvalue weighted by Crippen LogP contribution is 2.19. The third-order valence-electron chi connectivity index (χ3n) is 6.00. The molecule has 0 bridgehead atoms. The predicted octanol–water partition coefficient (Wildman–Crippen LogP) is 4.43. The highest BCUT2D eigenvalue weighted by atomic mass is 16.5. The second kappa shape index (κ2) is 14.6. The molecule has 0 aromatic carbocycles. The van der Waals surface area contributed by atoms with Gasteiger partial charge in [0.15, 0.2) is 0 Å². The lowest BCUT2D eigenvalue weighted by molar-refractivity contribution is -0.141. The summed E-state index contributed by atoms with van der Waals surface area (Å²) in [4.78, 5) is 28.5. The van der Waals surface area contributed by atoms with Crippen LogP contribution in [0.25, 0.3) is 0 Å². The number of ether oxygens (including phenoxy) is 2. The molecule has 6 heteroatoms. The van der Waals surface area contributed by atoms with Gasteiger partial charge in [0.1, 0.15) is 13.2 Å². The molecule has 0 amide bonds. The minimum Gasteiger partial charge on any atom is -0.461 e. The summed E-state index contributed by atoms with van der Waals surface area (Å²) in [6.07, 6.45) is 6.45. The van der Waals surface area contributed by atoms with Crippen LogP contribution in [0.15, 0.2) is 12.2 Å². The molecule has 0 atom stereocenters. The van der Waals surface area contributed by atoms with Crippen molar-refractivity contribution in [3.8, 4) is 0 Å². The second-order valence-electron chi connectivity index (χ2n) is 8.97. The molecule has 0 N–H and O–H groups in total. The van der Waals surface area contributed by atoms with Crippen molar-refractivity contribution < 1.29 is 19.1 Å². The van der Waals surface area contributed by atoms with Crippen LogP contribution in [0.5, 0.6) is 0 Å². The summed E-state index contributed by atoms with van der Waals surface area (Å²) in [5.74, 6) is -1.03. The molecule has 0 unspecified atom stereocenters. The zero-order valence-corrected chi connectivity index (χ0v) is 20.8. The highest BCUT2D eigenvalue weighted by Gasteiger charge is 2.24. The van der Waals surface area contributed by atoms with Crippen LogP contribution in [0.4, 0.5) is 0 Å². The van der Waals surface area contributed by atoms with Crippen LogP contribution >= 0.6 is 0 Å². The van der Waals surface area contributed by atoms with E-state index in [9.17, 15) is 9.59 Å². The van der Waals surface area contributed by atoms with E-state index in [-0.39, 0.29) is 11.1 Å². The molecule has 0 aliphatic carbocycles. The van der Waals surface area contributed by atoms with Crippen molar-refractivity contribution in [1.82, 2.24) is 9.80 Å². The standard InChI is InChI=1S/C24H46N2O4/c1-9-15-25(23(5,6)11-3)17-19-29-21(27)13-14-22(28)30-20-18-26(16-10-2)24(7,8)12-4/h13-14H,9-12,15-20H2,1-8H3/b14-13-. The first-order chi connectivity index (χ1) is 14.0. The van der Waals surface area contributed by atoms with E-state index >= 15 is 0 Å². The summed E-state index contributed by atoms with van der Waals surface area (Å²) in [5.41, 5.74) is 0.139. The van der Waals surface area contributed by atoms with Gasteiger partial charge in [-0.05, 0) is 66.5 Å². The van der Waals surface area contributed by atoms with Crippen molar-refractivity contribution in [1.29, 1.82) is 0 Å². The molecule has 0 saturated heterocycles. The molecule has 30 heavy (non-hydrogen) atoms. The maximum atomic E-state index is 11.9. The van der Waals surface area contributed by atoms with E-state index in [1.54, 1.807) is 0 Å². The number of rotatable bonds is 16. The number of hydrogen-bond acceptors (Lipinski definition) is 6. The Morgan fingerprint density at radius 3 is 1.27 bits per heavy atom. The molecule has 0 aliphatic rings. The Morgan fingerprint density at radius 2 is 1.00 bits per heavy atom. The molecule has 0 aromatic rings. The Hall–Kier alpha value is -1.40. The van der Waals surface area contributed by atoms with Gasteiger partial charge < -0.3 is 9.47 Å². The topological polar surface area (TPSA) is 59.1 Å². The van der Waals surface area contributed by atoms with Crippen molar-refractivity contribution in [2.75, 3.05) is 39.4 Å². The first-order valence-corrected chi connectivity index (χ1v) is 11.6. The summed E-state index contributed by atoms with van der Waals surface area (Å²) in [5, 5.41) is 0. The van der Waals surface area contributed by atoms with Crippen LogP contribution in [0.1, 0.15) is 81.1 Å².